The number of imide groups is 1. The summed E-state index contributed by atoms with van der Waals surface area (Å²) in [5.74, 6) is -0.158. The lowest BCUT2D eigenvalue weighted by molar-refractivity contribution is -0.137. The number of amides is 4. The van der Waals surface area contributed by atoms with E-state index in [0.717, 1.165) is 28.6 Å². The summed E-state index contributed by atoms with van der Waals surface area (Å²) in [5.41, 5.74) is 3.03. The Morgan fingerprint density at radius 2 is 1.86 bits per heavy atom. The van der Waals surface area contributed by atoms with Crippen molar-refractivity contribution in [3.63, 3.8) is 0 Å². The maximum Gasteiger partial charge on any atom is 0.324 e. The zero-order valence-electron chi connectivity index (χ0n) is 19.3. The first-order valence-corrected chi connectivity index (χ1v) is 12.1. The molecule has 4 amide bonds. The molecule has 0 aliphatic carbocycles. The van der Waals surface area contributed by atoms with Crippen molar-refractivity contribution in [1.82, 2.24) is 24.7 Å². The fraction of sp³-hybridized carbons (Fsp3) is 0.385. The van der Waals surface area contributed by atoms with Crippen LogP contribution in [0.1, 0.15) is 30.0 Å². The molecule has 2 saturated heterocycles. The molecular formula is C26H27N5O4. The molecule has 3 aliphatic rings. The predicted octanol–water partition coefficient (Wildman–Crippen LogP) is 1.83. The monoisotopic (exact) mass is 473 g/mol. The summed E-state index contributed by atoms with van der Waals surface area (Å²) in [6, 6.07) is 11.9. The molecule has 0 unspecified atom stereocenters. The van der Waals surface area contributed by atoms with Crippen LogP contribution in [-0.4, -0.2) is 62.9 Å². The van der Waals surface area contributed by atoms with Gasteiger partial charge in [0.2, 0.25) is 5.91 Å². The van der Waals surface area contributed by atoms with Crippen molar-refractivity contribution in [3.8, 4) is 0 Å². The van der Waals surface area contributed by atoms with Crippen LogP contribution in [0.3, 0.4) is 0 Å². The van der Waals surface area contributed by atoms with E-state index in [1.165, 1.54) is 4.90 Å². The first-order chi connectivity index (χ1) is 17.0. The largest absolute Gasteiger partial charge is 0.361 e. The highest BCUT2D eigenvalue weighted by Crippen LogP contribution is 2.35. The molecule has 35 heavy (non-hydrogen) atoms. The van der Waals surface area contributed by atoms with Crippen molar-refractivity contribution < 1.29 is 14.4 Å². The molecule has 2 fully saturated rings. The number of urea groups is 1. The molecule has 9 nitrogen and oxygen atoms in total. The fourth-order valence-electron chi connectivity index (χ4n) is 5.90. The average molecular weight is 474 g/mol. The van der Waals surface area contributed by atoms with Crippen LogP contribution in [0.2, 0.25) is 0 Å². The summed E-state index contributed by atoms with van der Waals surface area (Å²) in [4.78, 5) is 57.1. The van der Waals surface area contributed by atoms with Crippen LogP contribution < -0.4 is 10.9 Å². The number of hydrogen-bond acceptors (Lipinski definition) is 4. The Hall–Kier alpha value is -3.88. The van der Waals surface area contributed by atoms with Gasteiger partial charge in [-0.15, -0.1) is 0 Å². The van der Waals surface area contributed by atoms with Gasteiger partial charge in [-0.3, -0.25) is 19.3 Å². The van der Waals surface area contributed by atoms with Crippen LogP contribution in [0, 0.1) is 5.92 Å². The second-order valence-electron chi connectivity index (χ2n) is 9.80. The molecule has 0 spiro atoms. The maximum absolute atomic E-state index is 13.1. The predicted molar refractivity (Wildman–Crippen MR) is 129 cm³/mol. The van der Waals surface area contributed by atoms with E-state index in [1.54, 1.807) is 17.0 Å². The summed E-state index contributed by atoms with van der Waals surface area (Å²) in [7, 11) is 0. The molecular weight excluding hydrogens is 446 g/mol. The number of likely N-dealkylation sites (tertiary alicyclic amines) is 1. The van der Waals surface area contributed by atoms with Crippen LogP contribution in [0.25, 0.3) is 10.9 Å². The summed E-state index contributed by atoms with van der Waals surface area (Å²) in [6.07, 6.45) is 3.35. The van der Waals surface area contributed by atoms with E-state index >= 15 is 0 Å². The molecule has 0 radical (unpaired) electrons. The first-order valence-electron chi connectivity index (χ1n) is 12.1. The zero-order valence-corrected chi connectivity index (χ0v) is 19.3. The van der Waals surface area contributed by atoms with Gasteiger partial charge in [0.15, 0.2) is 0 Å². The Balaban J connectivity index is 1.10. The third kappa shape index (κ3) is 3.80. The highest BCUT2D eigenvalue weighted by atomic mass is 16.2. The Bertz CT molecular complexity index is 1390. The van der Waals surface area contributed by atoms with Gasteiger partial charge in [0.1, 0.15) is 6.04 Å². The molecule has 2 bridgehead atoms. The number of piperidine rings is 1. The average Bonchev–Trinajstić information content (AvgIpc) is 3.38. The number of benzene rings is 1. The number of nitrogens with one attached hydrogen (secondary N) is 2. The van der Waals surface area contributed by atoms with Gasteiger partial charge in [-0.2, -0.15) is 0 Å². The number of H-pyrrole nitrogens is 1. The quantitative estimate of drug-likeness (QED) is 0.551. The van der Waals surface area contributed by atoms with Crippen molar-refractivity contribution >= 4 is 28.7 Å². The minimum absolute atomic E-state index is 0.00368. The molecule has 1 aromatic carbocycles. The Morgan fingerprint density at radius 1 is 1.00 bits per heavy atom. The van der Waals surface area contributed by atoms with Gasteiger partial charge in [-0.25, -0.2) is 4.79 Å². The van der Waals surface area contributed by atoms with Gasteiger partial charge in [0.05, 0.1) is 6.42 Å². The number of carbonyl (C=O) groups excluding carboxylic acids is 3. The number of hydrogen-bond donors (Lipinski definition) is 2. The molecule has 180 valence electrons. The van der Waals surface area contributed by atoms with Crippen molar-refractivity contribution in [3.05, 3.63) is 70.3 Å². The van der Waals surface area contributed by atoms with E-state index in [-0.39, 0.29) is 42.2 Å². The highest BCUT2D eigenvalue weighted by Gasteiger charge is 2.41. The number of aromatic amines is 1. The van der Waals surface area contributed by atoms with Crippen LogP contribution in [-0.2, 0) is 22.6 Å². The summed E-state index contributed by atoms with van der Waals surface area (Å²) in [6.45, 7) is 1.96. The van der Waals surface area contributed by atoms with E-state index in [1.807, 2.05) is 41.1 Å². The molecule has 5 heterocycles. The van der Waals surface area contributed by atoms with Crippen LogP contribution >= 0.6 is 0 Å². The lowest BCUT2D eigenvalue weighted by atomic mass is 9.83. The third-order valence-corrected chi connectivity index (χ3v) is 7.60. The van der Waals surface area contributed by atoms with Crippen molar-refractivity contribution in [2.24, 2.45) is 5.92 Å². The first kappa shape index (κ1) is 21.6. The van der Waals surface area contributed by atoms with Crippen LogP contribution in [0.15, 0.2) is 53.5 Å². The van der Waals surface area contributed by atoms with E-state index in [2.05, 4.69) is 10.3 Å². The molecule has 3 atom stereocenters. The van der Waals surface area contributed by atoms with Gasteiger partial charge >= 0.3 is 6.03 Å². The minimum Gasteiger partial charge on any atom is -0.361 e. The molecule has 6 rings (SSSR count). The molecule has 9 heteroatoms. The van der Waals surface area contributed by atoms with Crippen molar-refractivity contribution in [2.45, 2.75) is 37.8 Å². The van der Waals surface area contributed by atoms with Gasteiger partial charge in [-0.1, -0.05) is 24.3 Å². The smallest absolute Gasteiger partial charge is 0.324 e. The topological polar surface area (TPSA) is 108 Å². The lowest BCUT2D eigenvalue weighted by Crippen LogP contribution is -2.50. The second-order valence-corrected chi connectivity index (χ2v) is 9.80. The number of pyridine rings is 1. The number of fused-ring (bicyclic) bond motifs is 5. The minimum atomic E-state index is -0.838. The van der Waals surface area contributed by atoms with Gasteiger partial charge < -0.3 is 19.8 Å². The molecule has 2 N–H and O–H groups in total. The Kier molecular flexibility index (Phi) is 5.20. The van der Waals surface area contributed by atoms with E-state index in [0.29, 0.717) is 26.1 Å². The second kappa shape index (κ2) is 8.41. The van der Waals surface area contributed by atoms with E-state index < -0.39 is 12.1 Å². The Morgan fingerprint density at radius 3 is 2.74 bits per heavy atom. The van der Waals surface area contributed by atoms with Crippen molar-refractivity contribution in [2.75, 3.05) is 19.6 Å². The molecule has 0 saturated carbocycles. The summed E-state index contributed by atoms with van der Waals surface area (Å²) < 4.78 is 1.83. The number of rotatable bonds is 5. The normalized spacial score (nSPS) is 23.5. The zero-order chi connectivity index (χ0) is 24.1. The maximum atomic E-state index is 13.1. The van der Waals surface area contributed by atoms with Gasteiger partial charge in [0.25, 0.3) is 11.5 Å². The third-order valence-electron chi connectivity index (χ3n) is 7.60. The standard InChI is InChI=1S/C26H27N5O4/c32-23-7-3-6-22-18-10-16(14-31(22)23)13-29(15-18)24(33)11-21-25(34)30(26(35)28-21)9-8-17-12-27-20-5-2-1-4-19(17)20/h1-7,12,16,18,21,27H,8-11,13-15H2,(H,28,35)/t16-,18+,21+/m1/s1. The molecule has 2 aromatic heterocycles. The summed E-state index contributed by atoms with van der Waals surface area (Å²) in [5, 5.41) is 3.78. The summed E-state index contributed by atoms with van der Waals surface area (Å²) >= 11 is 0. The SMILES string of the molecule is O=C(C[C@@H]1NC(=O)N(CCc2c[nH]c3ccccc23)C1=O)N1C[C@H]2C[C@@H](C1)c1cccc(=O)n1C2. The van der Waals surface area contributed by atoms with Crippen LogP contribution in [0.4, 0.5) is 4.79 Å². The number of nitrogens with zero attached hydrogens (tertiary/aromatic N) is 3. The molecule has 3 aromatic rings. The van der Waals surface area contributed by atoms with Crippen LogP contribution in [0.5, 0.6) is 0 Å². The Labute approximate surface area is 201 Å². The number of carbonyl (C=O) groups is 3. The number of aromatic nitrogens is 2. The number of para-hydroxylation sites is 1. The molecule has 3 aliphatic heterocycles. The van der Waals surface area contributed by atoms with Gasteiger partial charge in [0, 0.05) is 61.0 Å². The van der Waals surface area contributed by atoms with E-state index in [4.69, 9.17) is 0 Å². The highest BCUT2D eigenvalue weighted by molar-refractivity contribution is 6.05. The fourth-order valence-corrected chi connectivity index (χ4v) is 5.90. The van der Waals surface area contributed by atoms with Crippen molar-refractivity contribution in [1.29, 1.82) is 0 Å². The van der Waals surface area contributed by atoms with Gasteiger partial charge in [-0.05, 0) is 36.5 Å². The van der Waals surface area contributed by atoms with E-state index in [9.17, 15) is 19.2 Å². The lowest BCUT2D eigenvalue weighted by Gasteiger charge is -2.43.